The van der Waals surface area contributed by atoms with E-state index in [4.69, 9.17) is 14.6 Å². The van der Waals surface area contributed by atoms with Crippen LogP contribution in [0.15, 0.2) is 12.2 Å². The average molecular weight is 256 g/mol. The van der Waals surface area contributed by atoms with Crippen molar-refractivity contribution in [3.63, 3.8) is 0 Å². The monoisotopic (exact) mass is 256 g/mol. The van der Waals surface area contributed by atoms with Gasteiger partial charge in [0.1, 0.15) is 0 Å². The van der Waals surface area contributed by atoms with Gasteiger partial charge in [0.2, 0.25) is 0 Å². The van der Waals surface area contributed by atoms with E-state index < -0.39 is 5.97 Å². The largest absolute Gasteiger partial charge is 0.478 e. The number of hydrogen-bond acceptors (Lipinski definition) is 4. The summed E-state index contributed by atoms with van der Waals surface area (Å²) in [7, 11) is 0. The highest BCUT2D eigenvalue weighted by atomic mass is 16.5. The molecule has 0 spiro atoms. The highest BCUT2D eigenvalue weighted by molar-refractivity contribution is 5.79. The van der Waals surface area contributed by atoms with Crippen LogP contribution < -0.4 is 0 Å². The number of fused-ring (bicyclic) bond motifs is 2. The summed E-state index contributed by atoms with van der Waals surface area (Å²) in [5.41, 5.74) is 0. The highest BCUT2D eigenvalue weighted by Gasteiger charge is 2.48. The van der Waals surface area contributed by atoms with Gasteiger partial charge < -0.3 is 19.7 Å². The number of aliphatic hydroxyl groups excluding tert-OH is 1. The lowest BCUT2D eigenvalue weighted by Crippen LogP contribution is -2.33. The standard InChI is InChI=1S/C13H20O5/c14-7-9-10(12-5-4-11(9)18-12)8-17-6-2-1-3-13(15)16/h1,3,9-12,14H,2,4-8H2,(H,15,16)/t9-,10+,11-,12+/m0/s1. The van der Waals surface area contributed by atoms with E-state index in [1.54, 1.807) is 6.08 Å². The number of carboxylic acids is 1. The topological polar surface area (TPSA) is 76.0 Å². The predicted octanol–water partition coefficient (Wildman–Crippen LogP) is 0.820. The minimum atomic E-state index is -0.933. The number of rotatable bonds is 7. The molecular weight excluding hydrogens is 236 g/mol. The Hall–Kier alpha value is -0.910. The zero-order chi connectivity index (χ0) is 13.0. The van der Waals surface area contributed by atoms with Gasteiger partial charge in [-0.3, -0.25) is 0 Å². The summed E-state index contributed by atoms with van der Waals surface area (Å²) in [4.78, 5) is 10.2. The van der Waals surface area contributed by atoms with Gasteiger partial charge in [-0.1, -0.05) is 6.08 Å². The molecule has 2 N–H and O–H groups in total. The van der Waals surface area contributed by atoms with E-state index in [-0.39, 0.29) is 30.7 Å². The molecule has 4 atom stereocenters. The molecule has 2 saturated heterocycles. The molecule has 2 aliphatic heterocycles. The molecule has 0 aromatic rings. The maximum absolute atomic E-state index is 10.2. The Morgan fingerprint density at radius 2 is 2.06 bits per heavy atom. The summed E-state index contributed by atoms with van der Waals surface area (Å²) < 4.78 is 11.3. The Morgan fingerprint density at radius 1 is 1.33 bits per heavy atom. The average Bonchev–Trinajstić information content (AvgIpc) is 2.93. The molecule has 102 valence electrons. The first-order valence-electron chi connectivity index (χ1n) is 6.46. The molecule has 5 heteroatoms. The molecule has 2 aliphatic rings. The molecule has 18 heavy (non-hydrogen) atoms. The Balaban J connectivity index is 1.66. The Bertz CT molecular complexity index is 315. The summed E-state index contributed by atoms with van der Waals surface area (Å²) in [6, 6.07) is 0. The number of aliphatic hydroxyl groups is 1. The molecule has 0 aliphatic carbocycles. The van der Waals surface area contributed by atoms with Crippen LogP contribution in [-0.4, -0.2) is 48.2 Å². The van der Waals surface area contributed by atoms with Crippen molar-refractivity contribution < 1.29 is 24.5 Å². The predicted molar refractivity (Wildman–Crippen MR) is 64.2 cm³/mol. The smallest absolute Gasteiger partial charge is 0.327 e. The van der Waals surface area contributed by atoms with Crippen LogP contribution in [0.3, 0.4) is 0 Å². The molecule has 2 heterocycles. The van der Waals surface area contributed by atoms with Crippen molar-refractivity contribution in [1.29, 1.82) is 0 Å². The zero-order valence-corrected chi connectivity index (χ0v) is 10.3. The summed E-state index contributed by atoms with van der Waals surface area (Å²) in [5, 5.41) is 17.8. The number of carbonyl (C=O) groups is 1. The lowest BCUT2D eigenvalue weighted by Gasteiger charge is -2.26. The van der Waals surface area contributed by atoms with Crippen molar-refractivity contribution >= 4 is 5.97 Å². The Morgan fingerprint density at radius 3 is 2.72 bits per heavy atom. The third-order valence-corrected chi connectivity index (χ3v) is 3.80. The lowest BCUT2D eigenvalue weighted by atomic mass is 9.80. The van der Waals surface area contributed by atoms with Crippen LogP contribution in [0.5, 0.6) is 0 Å². The van der Waals surface area contributed by atoms with E-state index in [1.165, 1.54) is 0 Å². The van der Waals surface area contributed by atoms with E-state index in [9.17, 15) is 9.90 Å². The molecule has 0 aromatic carbocycles. The Labute approximate surface area is 106 Å². The SMILES string of the molecule is O=C(O)C=CCCOC[C@@H]1[C@H](CO)[C@@H]2CC[C@H]1O2. The van der Waals surface area contributed by atoms with Gasteiger partial charge in [0, 0.05) is 24.5 Å². The fourth-order valence-corrected chi connectivity index (χ4v) is 2.91. The Kier molecular flexibility index (Phi) is 4.74. The van der Waals surface area contributed by atoms with Gasteiger partial charge in [0.25, 0.3) is 0 Å². The fourth-order valence-electron chi connectivity index (χ4n) is 2.91. The maximum atomic E-state index is 10.2. The van der Waals surface area contributed by atoms with E-state index in [0.29, 0.717) is 19.6 Å². The van der Waals surface area contributed by atoms with Gasteiger partial charge in [-0.25, -0.2) is 4.79 Å². The van der Waals surface area contributed by atoms with Crippen LogP contribution in [0.25, 0.3) is 0 Å². The second kappa shape index (κ2) is 6.31. The van der Waals surface area contributed by atoms with Crippen molar-refractivity contribution in [3.8, 4) is 0 Å². The van der Waals surface area contributed by atoms with Crippen molar-refractivity contribution in [3.05, 3.63) is 12.2 Å². The summed E-state index contributed by atoms with van der Waals surface area (Å²) >= 11 is 0. The van der Waals surface area contributed by atoms with Crippen molar-refractivity contribution in [1.82, 2.24) is 0 Å². The van der Waals surface area contributed by atoms with Crippen LogP contribution in [0.1, 0.15) is 19.3 Å². The first kappa shape index (κ1) is 13.5. The highest BCUT2D eigenvalue weighted by Crippen LogP contribution is 2.43. The summed E-state index contributed by atoms with van der Waals surface area (Å²) in [6.07, 6.45) is 5.87. The molecule has 2 rings (SSSR count). The second-order valence-corrected chi connectivity index (χ2v) is 4.90. The third kappa shape index (κ3) is 3.10. The van der Waals surface area contributed by atoms with E-state index in [0.717, 1.165) is 18.9 Å². The van der Waals surface area contributed by atoms with Crippen molar-refractivity contribution in [2.75, 3.05) is 19.8 Å². The van der Waals surface area contributed by atoms with Crippen LogP contribution in [0, 0.1) is 11.8 Å². The number of hydrogen-bond donors (Lipinski definition) is 2. The van der Waals surface area contributed by atoms with Gasteiger partial charge in [-0.15, -0.1) is 0 Å². The lowest BCUT2D eigenvalue weighted by molar-refractivity contribution is -0.131. The van der Waals surface area contributed by atoms with Crippen molar-refractivity contribution in [2.45, 2.75) is 31.5 Å². The molecule has 0 saturated carbocycles. The zero-order valence-electron chi connectivity index (χ0n) is 10.3. The van der Waals surface area contributed by atoms with Crippen LogP contribution >= 0.6 is 0 Å². The van der Waals surface area contributed by atoms with Gasteiger partial charge in [-0.05, 0) is 19.3 Å². The minimum Gasteiger partial charge on any atom is -0.478 e. The molecule has 0 amide bonds. The molecular formula is C13H20O5. The van der Waals surface area contributed by atoms with Gasteiger partial charge in [0.05, 0.1) is 25.4 Å². The molecule has 2 fully saturated rings. The van der Waals surface area contributed by atoms with Crippen LogP contribution in [-0.2, 0) is 14.3 Å². The number of ether oxygens (including phenoxy) is 2. The van der Waals surface area contributed by atoms with Gasteiger partial charge in [0.15, 0.2) is 0 Å². The summed E-state index contributed by atoms with van der Waals surface area (Å²) in [5.74, 6) is -0.438. The molecule has 0 unspecified atom stereocenters. The first-order valence-corrected chi connectivity index (χ1v) is 6.46. The minimum absolute atomic E-state index is 0.161. The first-order chi connectivity index (χ1) is 8.72. The molecule has 2 bridgehead atoms. The number of aliphatic carboxylic acids is 1. The van der Waals surface area contributed by atoms with Crippen LogP contribution in [0.4, 0.5) is 0 Å². The van der Waals surface area contributed by atoms with E-state index in [1.807, 2.05) is 0 Å². The fraction of sp³-hybridized carbons (Fsp3) is 0.769. The van der Waals surface area contributed by atoms with E-state index >= 15 is 0 Å². The third-order valence-electron chi connectivity index (χ3n) is 3.80. The molecule has 5 nitrogen and oxygen atoms in total. The quantitative estimate of drug-likeness (QED) is 0.521. The normalized spacial score (nSPS) is 34.5. The molecule has 0 radical (unpaired) electrons. The van der Waals surface area contributed by atoms with Gasteiger partial charge >= 0.3 is 5.97 Å². The van der Waals surface area contributed by atoms with Crippen molar-refractivity contribution in [2.24, 2.45) is 11.8 Å². The maximum Gasteiger partial charge on any atom is 0.327 e. The molecule has 0 aromatic heterocycles. The summed E-state index contributed by atoms with van der Waals surface area (Å²) in [6.45, 7) is 1.26. The van der Waals surface area contributed by atoms with E-state index in [2.05, 4.69) is 0 Å². The number of carboxylic acid groups (broad SMARTS) is 1. The second-order valence-electron chi connectivity index (χ2n) is 4.90. The van der Waals surface area contributed by atoms with Crippen LogP contribution in [0.2, 0.25) is 0 Å². The van der Waals surface area contributed by atoms with Gasteiger partial charge in [-0.2, -0.15) is 0 Å².